The zero-order valence-corrected chi connectivity index (χ0v) is 20.5. The number of amides is 1. The first-order valence-electron chi connectivity index (χ1n) is 12.8. The molecular formula is C29H30N6O2. The highest BCUT2D eigenvalue weighted by molar-refractivity contribution is 5.91. The molecule has 1 aliphatic carbocycles. The predicted octanol–water partition coefficient (Wildman–Crippen LogP) is 5.91. The van der Waals surface area contributed by atoms with Crippen molar-refractivity contribution in [3.8, 4) is 11.4 Å². The largest absolute Gasteiger partial charge is 0.465 e. The number of imidazole rings is 1. The van der Waals surface area contributed by atoms with E-state index in [1.54, 1.807) is 11.1 Å². The molecule has 1 aliphatic rings. The minimum atomic E-state index is -0.865. The van der Waals surface area contributed by atoms with Crippen LogP contribution in [0.3, 0.4) is 0 Å². The van der Waals surface area contributed by atoms with Gasteiger partial charge in [0.25, 0.3) is 0 Å². The monoisotopic (exact) mass is 494 g/mol. The van der Waals surface area contributed by atoms with E-state index >= 15 is 0 Å². The van der Waals surface area contributed by atoms with Gasteiger partial charge < -0.3 is 20.7 Å². The molecule has 0 saturated heterocycles. The number of nitrogen functional groups attached to an aromatic ring is 1. The number of nitrogens with one attached hydrogen (secondary N) is 1. The van der Waals surface area contributed by atoms with Gasteiger partial charge in [-0.1, -0.05) is 48.5 Å². The van der Waals surface area contributed by atoms with Crippen LogP contribution in [0.25, 0.3) is 27.8 Å². The van der Waals surface area contributed by atoms with E-state index in [9.17, 15) is 9.90 Å². The summed E-state index contributed by atoms with van der Waals surface area (Å²) in [5.74, 6) is 2.07. The Bertz CT molecular complexity index is 1520. The first-order chi connectivity index (χ1) is 18.1. The molecule has 0 spiro atoms. The number of nitrogens with two attached hydrogens (primary N) is 1. The fourth-order valence-electron chi connectivity index (χ4n) is 5.69. The van der Waals surface area contributed by atoms with Crippen molar-refractivity contribution in [2.24, 2.45) is 5.92 Å². The number of carbonyl (C=O) groups is 1. The van der Waals surface area contributed by atoms with Crippen LogP contribution in [0.4, 0.5) is 10.6 Å². The molecule has 0 bridgehead atoms. The highest BCUT2D eigenvalue weighted by Gasteiger charge is 2.29. The molecule has 3 aromatic heterocycles. The summed E-state index contributed by atoms with van der Waals surface area (Å²) in [6, 6.07) is 20.1. The van der Waals surface area contributed by atoms with Crippen molar-refractivity contribution in [2.45, 2.75) is 38.1 Å². The lowest BCUT2D eigenvalue weighted by Crippen LogP contribution is -2.35. The van der Waals surface area contributed by atoms with E-state index in [-0.39, 0.29) is 5.92 Å². The normalized spacial score (nSPS) is 17.8. The van der Waals surface area contributed by atoms with Gasteiger partial charge in [-0.15, -0.1) is 0 Å². The minimum Gasteiger partial charge on any atom is -0.465 e. The van der Waals surface area contributed by atoms with Crippen LogP contribution in [-0.2, 0) is 6.54 Å². The maximum absolute atomic E-state index is 11.9. The molecule has 37 heavy (non-hydrogen) atoms. The first-order valence-corrected chi connectivity index (χ1v) is 12.8. The van der Waals surface area contributed by atoms with E-state index in [2.05, 4.69) is 32.6 Å². The van der Waals surface area contributed by atoms with Crippen LogP contribution >= 0.6 is 0 Å². The SMILES string of the molecule is Nc1nccn2c1c(-c1cc3ccccc3[nH]1)nc2[C@H]1CC[C@H](CN(Cc2ccccc2)C(=O)O)CC1. The molecule has 8 nitrogen and oxygen atoms in total. The van der Waals surface area contributed by atoms with Crippen molar-refractivity contribution in [1.82, 2.24) is 24.3 Å². The molecule has 2 aromatic carbocycles. The molecule has 5 aromatic rings. The maximum atomic E-state index is 11.9. The fraction of sp³-hybridized carbons (Fsp3) is 0.276. The second-order valence-electron chi connectivity index (χ2n) is 9.99. The van der Waals surface area contributed by atoms with Crippen LogP contribution in [0.2, 0.25) is 0 Å². The molecule has 0 aliphatic heterocycles. The van der Waals surface area contributed by atoms with Gasteiger partial charge in [-0.25, -0.2) is 14.8 Å². The molecule has 8 heteroatoms. The third kappa shape index (κ3) is 4.50. The van der Waals surface area contributed by atoms with E-state index in [1.165, 1.54) is 0 Å². The molecule has 1 saturated carbocycles. The number of H-pyrrole nitrogens is 1. The lowest BCUT2D eigenvalue weighted by Gasteiger charge is -2.31. The Labute approximate surface area is 214 Å². The van der Waals surface area contributed by atoms with E-state index in [0.29, 0.717) is 24.8 Å². The summed E-state index contributed by atoms with van der Waals surface area (Å²) < 4.78 is 2.09. The summed E-state index contributed by atoms with van der Waals surface area (Å²) in [7, 11) is 0. The van der Waals surface area contributed by atoms with E-state index in [4.69, 9.17) is 10.7 Å². The van der Waals surface area contributed by atoms with Crippen molar-refractivity contribution in [3.63, 3.8) is 0 Å². The number of hydrogen-bond donors (Lipinski definition) is 3. The van der Waals surface area contributed by atoms with Crippen molar-refractivity contribution in [2.75, 3.05) is 12.3 Å². The molecule has 1 amide bonds. The minimum absolute atomic E-state index is 0.274. The Kier molecular flexibility index (Phi) is 6.00. The molecular weight excluding hydrogens is 464 g/mol. The van der Waals surface area contributed by atoms with Gasteiger partial charge >= 0.3 is 6.09 Å². The lowest BCUT2D eigenvalue weighted by molar-refractivity contribution is 0.126. The van der Waals surface area contributed by atoms with Crippen LogP contribution in [0.5, 0.6) is 0 Å². The highest BCUT2D eigenvalue weighted by Crippen LogP contribution is 2.39. The topological polar surface area (TPSA) is 113 Å². The number of fused-ring (bicyclic) bond motifs is 2. The number of aromatic nitrogens is 4. The van der Waals surface area contributed by atoms with Crippen LogP contribution in [0, 0.1) is 5.92 Å². The zero-order chi connectivity index (χ0) is 25.4. The predicted molar refractivity (Wildman–Crippen MR) is 144 cm³/mol. The third-order valence-electron chi connectivity index (χ3n) is 7.57. The summed E-state index contributed by atoms with van der Waals surface area (Å²) in [5.41, 5.74) is 11.0. The van der Waals surface area contributed by atoms with Gasteiger partial charge in [0, 0.05) is 42.3 Å². The lowest BCUT2D eigenvalue weighted by atomic mass is 9.81. The quantitative estimate of drug-likeness (QED) is 0.271. The standard InChI is InChI=1S/C29H30N6O2/c30-27-26-25(24-16-22-8-4-5-9-23(22)32-24)33-28(35(26)15-14-31-27)21-12-10-20(11-13-21)18-34(29(36)37)17-19-6-2-1-3-7-19/h1-9,14-16,20-21,32H,10-13,17-18H2,(H2,30,31)(H,36,37)/t20-,21-. The van der Waals surface area contributed by atoms with Crippen molar-refractivity contribution in [1.29, 1.82) is 0 Å². The Balaban J connectivity index is 1.23. The summed E-state index contributed by atoms with van der Waals surface area (Å²) in [6.45, 7) is 0.970. The van der Waals surface area contributed by atoms with Crippen LogP contribution in [0.1, 0.15) is 43.0 Å². The maximum Gasteiger partial charge on any atom is 0.407 e. The second kappa shape index (κ2) is 9.61. The Morgan fingerprint density at radius 2 is 1.84 bits per heavy atom. The molecule has 6 rings (SSSR count). The van der Waals surface area contributed by atoms with Gasteiger partial charge in [-0.2, -0.15) is 0 Å². The average molecular weight is 495 g/mol. The number of para-hydroxylation sites is 1. The van der Waals surface area contributed by atoms with Gasteiger partial charge in [0.1, 0.15) is 22.9 Å². The van der Waals surface area contributed by atoms with Crippen molar-refractivity contribution < 1.29 is 9.90 Å². The molecule has 0 atom stereocenters. The number of anilines is 1. The number of carboxylic acid groups (broad SMARTS) is 1. The highest BCUT2D eigenvalue weighted by atomic mass is 16.4. The van der Waals surface area contributed by atoms with E-state index in [0.717, 1.165) is 64.9 Å². The number of hydrogen-bond acceptors (Lipinski definition) is 4. The van der Waals surface area contributed by atoms with Gasteiger partial charge in [0.05, 0.1) is 5.69 Å². The first kappa shape index (κ1) is 23.1. The second-order valence-corrected chi connectivity index (χ2v) is 9.99. The molecule has 4 N–H and O–H groups in total. The fourth-order valence-corrected chi connectivity index (χ4v) is 5.69. The summed E-state index contributed by atoms with van der Waals surface area (Å²) in [5, 5.41) is 10.9. The van der Waals surface area contributed by atoms with Gasteiger partial charge in [0.2, 0.25) is 0 Å². The smallest absolute Gasteiger partial charge is 0.407 e. The number of rotatable bonds is 6. The average Bonchev–Trinajstić information content (AvgIpc) is 3.52. The summed E-state index contributed by atoms with van der Waals surface area (Å²) >= 11 is 0. The van der Waals surface area contributed by atoms with E-state index < -0.39 is 6.09 Å². The molecule has 188 valence electrons. The Hall–Kier alpha value is -4.33. The Morgan fingerprint density at radius 3 is 2.59 bits per heavy atom. The third-order valence-corrected chi connectivity index (χ3v) is 7.57. The van der Waals surface area contributed by atoms with Gasteiger partial charge in [0.15, 0.2) is 0 Å². The molecule has 0 unspecified atom stereocenters. The van der Waals surface area contributed by atoms with Gasteiger partial charge in [-0.3, -0.25) is 4.40 Å². The summed E-state index contributed by atoms with van der Waals surface area (Å²) in [6.07, 6.45) is 6.63. The number of nitrogens with zero attached hydrogens (tertiary/aromatic N) is 4. The number of benzene rings is 2. The Morgan fingerprint density at radius 1 is 1.08 bits per heavy atom. The van der Waals surface area contributed by atoms with Crippen molar-refractivity contribution in [3.05, 3.63) is 84.4 Å². The van der Waals surface area contributed by atoms with Crippen LogP contribution < -0.4 is 5.73 Å². The van der Waals surface area contributed by atoms with Gasteiger partial charge in [-0.05, 0) is 49.3 Å². The molecule has 1 fully saturated rings. The van der Waals surface area contributed by atoms with Crippen molar-refractivity contribution >= 4 is 28.3 Å². The zero-order valence-electron chi connectivity index (χ0n) is 20.5. The van der Waals surface area contributed by atoms with Crippen LogP contribution in [-0.4, -0.2) is 42.0 Å². The summed E-state index contributed by atoms with van der Waals surface area (Å²) in [4.78, 5) is 26.4. The van der Waals surface area contributed by atoms with Crippen LogP contribution in [0.15, 0.2) is 73.1 Å². The van der Waals surface area contributed by atoms with E-state index in [1.807, 2.05) is 48.7 Å². The molecule has 3 heterocycles. The number of aromatic amines is 1. The molecule has 0 radical (unpaired) electrons.